The highest BCUT2D eigenvalue weighted by Gasteiger charge is 2.79. The lowest BCUT2D eigenvalue weighted by Gasteiger charge is -2.54. The number of para-hydroxylation sites is 1. The summed E-state index contributed by atoms with van der Waals surface area (Å²) < 4.78 is 6.34. The number of hydrogen-bond acceptors (Lipinski definition) is 3. The summed E-state index contributed by atoms with van der Waals surface area (Å²) >= 11 is 0. The van der Waals surface area contributed by atoms with Crippen LogP contribution in [-0.4, -0.2) is 43.2 Å². The van der Waals surface area contributed by atoms with Crippen molar-refractivity contribution in [3.63, 3.8) is 0 Å². The SMILES string of the molecule is C=CC12CN(C)C3C4CO[C@@H](C[C@@H]41)[C@]1(C(=O)Nc4ccccc41)C32. The van der Waals surface area contributed by atoms with Crippen LogP contribution in [0.1, 0.15) is 12.0 Å². The number of rotatable bonds is 1. The van der Waals surface area contributed by atoms with E-state index in [0.29, 0.717) is 17.9 Å². The fourth-order valence-corrected chi connectivity index (χ4v) is 7.38. The van der Waals surface area contributed by atoms with Gasteiger partial charge in [0.1, 0.15) is 5.41 Å². The van der Waals surface area contributed by atoms with Gasteiger partial charge in [0, 0.05) is 35.5 Å². The van der Waals surface area contributed by atoms with Gasteiger partial charge in [-0.25, -0.2) is 0 Å². The molecule has 2 saturated heterocycles. The van der Waals surface area contributed by atoms with E-state index in [1.165, 1.54) is 0 Å². The molecule has 1 aromatic rings. The van der Waals surface area contributed by atoms with Gasteiger partial charge in [-0.05, 0) is 31.0 Å². The van der Waals surface area contributed by atoms with Crippen LogP contribution >= 0.6 is 0 Å². The van der Waals surface area contributed by atoms with Gasteiger partial charge in [-0.3, -0.25) is 4.79 Å². The molecule has 0 radical (unpaired) electrons. The molecule has 1 amide bonds. The highest BCUT2D eigenvalue weighted by molar-refractivity contribution is 6.07. The standard InChI is InChI=1S/C20H22N2O2/c1-3-19-10-22(2)16-11-9-24-15(8-13(11)19)20(17(16)19)12-6-4-5-7-14(12)21-18(20)23/h3-7,11,13,15-17H,1,8-10H2,2H3,(H,21,23)/t11?,13-,15-,16?,17?,19?,20-/m0/s1. The molecule has 124 valence electrons. The summed E-state index contributed by atoms with van der Waals surface area (Å²) in [6.07, 6.45) is 3.17. The van der Waals surface area contributed by atoms with E-state index in [-0.39, 0.29) is 23.3 Å². The predicted octanol–water partition coefficient (Wildman–Crippen LogP) is 2.03. The van der Waals surface area contributed by atoms with E-state index < -0.39 is 5.41 Å². The largest absolute Gasteiger partial charge is 0.376 e. The first-order valence-corrected chi connectivity index (χ1v) is 9.01. The van der Waals surface area contributed by atoms with E-state index in [9.17, 15) is 4.79 Å². The third kappa shape index (κ3) is 1.12. The monoisotopic (exact) mass is 322 g/mol. The second-order valence-corrected chi connectivity index (χ2v) is 8.40. The van der Waals surface area contributed by atoms with Gasteiger partial charge >= 0.3 is 0 Å². The molecule has 4 heteroatoms. The number of likely N-dealkylation sites (tertiary alicyclic amines) is 1. The molecule has 3 aliphatic heterocycles. The van der Waals surface area contributed by atoms with Crippen molar-refractivity contribution in [2.24, 2.45) is 23.2 Å². The molecule has 4 unspecified atom stereocenters. The van der Waals surface area contributed by atoms with Crippen molar-refractivity contribution >= 4 is 11.6 Å². The number of anilines is 1. The first-order chi connectivity index (χ1) is 11.6. The summed E-state index contributed by atoms with van der Waals surface area (Å²) in [6, 6.07) is 8.64. The summed E-state index contributed by atoms with van der Waals surface area (Å²) in [5.74, 6) is 1.56. The Bertz CT molecular complexity index is 792. The van der Waals surface area contributed by atoms with Crippen molar-refractivity contribution in [1.82, 2.24) is 4.90 Å². The average molecular weight is 322 g/mol. The van der Waals surface area contributed by atoms with Gasteiger partial charge in [0.05, 0.1) is 12.7 Å². The number of nitrogens with one attached hydrogen (secondary N) is 1. The number of nitrogens with zero attached hydrogens (tertiary/aromatic N) is 1. The molecule has 24 heavy (non-hydrogen) atoms. The normalized spacial score (nSPS) is 50.4. The first-order valence-electron chi connectivity index (χ1n) is 9.01. The van der Waals surface area contributed by atoms with Crippen LogP contribution in [0.15, 0.2) is 36.9 Å². The molecule has 2 aliphatic carbocycles. The lowest BCUT2D eigenvalue weighted by molar-refractivity contribution is -0.153. The molecule has 0 aromatic heterocycles. The number of ether oxygens (including phenoxy) is 1. The molecule has 2 saturated carbocycles. The van der Waals surface area contributed by atoms with E-state index in [0.717, 1.165) is 30.8 Å². The molecule has 4 fully saturated rings. The smallest absolute Gasteiger partial charge is 0.238 e. The maximum absolute atomic E-state index is 13.4. The van der Waals surface area contributed by atoms with Crippen LogP contribution < -0.4 is 5.32 Å². The Morgan fingerprint density at radius 1 is 1.42 bits per heavy atom. The Morgan fingerprint density at radius 2 is 2.25 bits per heavy atom. The minimum Gasteiger partial charge on any atom is -0.376 e. The summed E-state index contributed by atoms with van der Waals surface area (Å²) in [6.45, 7) is 6.06. The van der Waals surface area contributed by atoms with Crippen molar-refractivity contribution in [3.8, 4) is 0 Å². The van der Waals surface area contributed by atoms with Gasteiger partial charge < -0.3 is 15.0 Å². The van der Waals surface area contributed by atoms with Crippen molar-refractivity contribution in [2.75, 3.05) is 25.5 Å². The molecule has 5 aliphatic rings. The van der Waals surface area contributed by atoms with Gasteiger partial charge in [-0.1, -0.05) is 24.3 Å². The van der Waals surface area contributed by atoms with E-state index in [2.05, 4.69) is 42.1 Å². The van der Waals surface area contributed by atoms with E-state index in [1.54, 1.807) is 0 Å². The van der Waals surface area contributed by atoms with Crippen LogP contribution in [0.2, 0.25) is 0 Å². The molecule has 6 rings (SSSR count). The third-order valence-corrected chi connectivity index (χ3v) is 7.93. The molecule has 4 nitrogen and oxygen atoms in total. The summed E-state index contributed by atoms with van der Waals surface area (Å²) in [4.78, 5) is 15.9. The Morgan fingerprint density at radius 3 is 3.08 bits per heavy atom. The van der Waals surface area contributed by atoms with Gasteiger partial charge in [0.2, 0.25) is 5.91 Å². The van der Waals surface area contributed by atoms with E-state index in [1.807, 2.05) is 12.1 Å². The van der Waals surface area contributed by atoms with Crippen LogP contribution in [0.4, 0.5) is 5.69 Å². The maximum atomic E-state index is 13.4. The number of carbonyl (C=O) groups is 1. The fraction of sp³-hybridized carbons (Fsp3) is 0.550. The highest BCUT2D eigenvalue weighted by Crippen LogP contribution is 2.73. The Hall–Kier alpha value is -1.65. The van der Waals surface area contributed by atoms with Crippen LogP contribution in [0.5, 0.6) is 0 Å². The predicted molar refractivity (Wildman–Crippen MR) is 90.6 cm³/mol. The average Bonchev–Trinajstić information content (AvgIpc) is 3.08. The number of carbonyl (C=O) groups excluding carboxylic acids is 1. The van der Waals surface area contributed by atoms with Crippen molar-refractivity contribution in [2.45, 2.75) is 24.0 Å². The topological polar surface area (TPSA) is 41.6 Å². The molecule has 1 aromatic carbocycles. The summed E-state index contributed by atoms with van der Waals surface area (Å²) in [5.41, 5.74) is 1.61. The second kappa shape index (κ2) is 3.94. The Kier molecular flexibility index (Phi) is 2.24. The van der Waals surface area contributed by atoms with Gasteiger partial charge in [0.25, 0.3) is 0 Å². The maximum Gasteiger partial charge on any atom is 0.238 e. The molecule has 3 heterocycles. The van der Waals surface area contributed by atoms with Gasteiger partial charge in [-0.15, -0.1) is 6.58 Å². The van der Waals surface area contributed by atoms with Crippen LogP contribution in [0.3, 0.4) is 0 Å². The molecular weight excluding hydrogens is 300 g/mol. The number of hydrogen-bond donors (Lipinski definition) is 1. The fourth-order valence-electron chi connectivity index (χ4n) is 7.38. The van der Waals surface area contributed by atoms with Gasteiger partial charge in [-0.2, -0.15) is 0 Å². The number of benzene rings is 1. The zero-order chi connectivity index (χ0) is 16.3. The van der Waals surface area contributed by atoms with Crippen molar-refractivity contribution < 1.29 is 9.53 Å². The summed E-state index contributed by atoms with van der Waals surface area (Å²) in [7, 11) is 2.21. The van der Waals surface area contributed by atoms with E-state index in [4.69, 9.17) is 4.74 Å². The van der Waals surface area contributed by atoms with Crippen molar-refractivity contribution in [1.29, 1.82) is 0 Å². The lowest BCUT2D eigenvalue weighted by Crippen LogP contribution is -2.62. The minimum atomic E-state index is -0.554. The minimum absolute atomic E-state index is 0.00280. The quantitative estimate of drug-likeness (QED) is 0.805. The number of amides is 1. The Balaban J connectivity index is 1.69. The third-order valence-electron chi connectivity index (χ3n) is 7.93. The molecular formula is C20H22N2O2. The number of fused-ring (bicyclic) bond motifs is 5. The number of piperidine rings is 1. The summed E-state index contributed by atoms with van der Waals surface area (Å²) in [5, 5.41) is 3.18. The molecule has 1 N–H and O–H groups in total. The molecule has 1 spiro atoms. The van der Waals surface area contributed by atoms with E-state index >= 15 is 0 Å². The first kappa shape index (κ1) is 13.6. The lowest BCUT2D eigenvalue weighted by atomic mass is 9.51. The highest BCUT2D eigenvalue weighted by atomic mass is 16.5. The van der Waals surface area contributed by atoms with Gasteiger partial charge in [0.15, 0.2) is 0 Å². The Labute approximate surface area is 141 Å². The zero-order valence-corrected chi connectivity index (χ0v) is 13.9. The van der Waals surface area contributed by atoms with Crippen LogP contribution in [-0.2, 0) is 14.9 Å². The van der Waals surface area contributed by atoms with Crippen molar-refractivity contribution in [3.05, 3.63) is 42.5 Å². The zero-order valence-electron chi connectivity index (χ0n) is 13.9. The van der Waals surface area contributed by atoms with Crippen LogP contribution in [0, 0.1) is 23.2 Å². The van der Waals surface area contributed by atoms with Crippen LogP contribution in [0.25, 0.3) is 0 Å². The molecule has 5 bridgehead atoms. The second-order valence-electron chi connectivity index (χ2n) is 8.40. The molecule has 7 atom stereocenters.